The third-order valence-electron chi connectivity index (χ3n) is 4.49. The third-order valence-corrected chi connectivity index (χ3v) is 5.96. The van der Waals surface area contributed by atoms with E-state index in [-0.39, 0.29) is 0 Å². The first-order valence-electron chi connectivity index (χ1n) is 8.36. The van der Waals surface area contributed by atoms with Crippen molar-refractivity contribution in [2.24, 2.45) is 0 Å². The second kappa shape index (κ2) is 7.16. The number of carbonyl (C=O) groups excluding carboxylic acids is 2. The number of nitrogens with zero attached hydrogens (tertiary/aromatic N) is 1. The fraction of sp³-hybridized carbons (Fsp3) is 0.222. The van der Waals surface area contributed by atoms with Gasteiger partial charge in [-0.05, 0) is 24.6 Å². The average molecular weight is 427 g/mol. The second-order valence-electron chi connectivity index (χ2n) is 6.36. The Kier molecular flexibility index (Phi) is 5.13. The van der Waals surface area contributed by atoms with Crippen LogP contribution in [0.5, 0.6) is 0 Å². The molecule has 2 atom stereocenters. The molecule has 0 aliphatic carbocycles. The van der Waals surface area contributed by atoms with Gasteiger partial charge in [0.25, 0.3) is 11.6 Å². The Balaban J connectivity index is 2.04. The standard InChI is InChI=1S/C18H16F3N3O4S/c1-12(13-8-4-2-5-9-13)24-15(25)17(18(19,20)21,22-16(24)26)23-29(27,28)14-10-6-3-7-11-14/h2-12,23H,1H3,(H,22,26)/t12-,17+/m1/s1. The predicted molar refractivity (Wildman–Crippen MR) is 95.8 cm³/mol. The van der Waals surface area contributed by atoms with E-state index in [2.05, 4.69) is 0 Å². The summed E-state index contributed by atoms with van der Waals surface area (Å²) >= 11 is 0. The number of benzene rings is 2. The molecule has 1 heterocycles. The molecule has 0 bridgehead atoms. The molecule has 3 rings (SSSR count). The molecule has 7 nitrogen and oxygen atoms in total. The molecule has 1 aliphatic rings. The second-order valence-corrected chi connectivity index (χ2v) is 8.04. The van der Waals surface area contributed by atoms with Crippen molar-refractivity contribution in [3.63, 3.8) is 0 Å². The molecule has 3 amide bonds. The van der Waals surface area contributed by atoms with E-state index < -0.39 is 44.7 Å². The minimum atomic E-state index is -5.44. The highest BCUT2D eigenvalue weighted by Gasteiger charge is 2.70. The summed E-state index contributed by atoms with van der Waals surface area (Å²) in [5.41, 5.74) is -3.41. The number of nitrogens with one attached hydrogen (secondary N) is 2. The van der Waals surface area contributed by atoms with Gasteiger partial charge in [-0.2, -0.15) is 17.9 Å². The van der Waals surface area contributed by atoms with Crippen molar-refractivity contribution >= 4 is 22.0 Å². The molecule has 1 saturated heterocycles. The lowest BCUT2D eigenvalue weighted by atomic mass is 10.1. The number of carbonyl (C=O) groups is 2. The molecule has 0 unspecified atom stereocenters. The van der Waals surface area contributed by atoms with Crippen LogP contribution < -0.4 is 10.0 Å². The van der Waals surface area contributed by atoms with Gasteiger partial charge in [0.05, 0.1) is 10.9 Å². The van der Waals surface area contributed by atoms with E-state index in [1.165, 1.54) is 47.3 Å². The van der Waals surface area contributed by atoms with E-state index in [0.717, 1.165) is 12.1 Å². The van der Waals surface area contributed by atoms with Crippen LogP contribution in [-0.4, -0.2) is 37.1 Å². The molecule has 11 heteroatoms. The van der Waals surface area contributed by atoms with Crippen molar-refractivity contribution in [3.8, 4) is 0 Å². The van der Waals surface area contributed by atoms with Crippen LogP contribution in [0.2, 0.25) is 0 Å². The highest BCUT2D eigenvalue weighted by molar-refractivity contribution is 7.89. The van der Waals surface area contributed by atoms with E-state index in [1.54, 1.807) is 18.2 Å². The van der Waals surface area contributed by atoms with Crippen LogP contribution in [0.3, 0.4) is 0 Å². The molecule has 154 valence electrons. The largest absolute Gasteiger partial charge is 0.435 e. The maximum absolute atomic E-state index is 13.9. The number of hydrogen-bond donors (Lipinski definition) is 2. The summed E-state index contributed by atoms with van der Waals surface area (Å²) in [4.78, 5) is 25.0. The van der Waals surface area contributed by atoms with Crippen molar-refractivity contribution in [2.75, 3.05) is 0 Å². The number of halogens is 3. The van der Waals surface area contributed by atoms with Crippen LogP contribution in [0.25, 0.3) is 0 Å². The molecule has 0 radical (unpaired) electrons. The van der Waals surface area contributed by atoms with E-state index in [1.807, 2.05) is 0 Å². The van der Waals surface area contributed by atoms with Gasteiger partial charge in [0.1, 0.15) is 0 Å². The lowest BCUT2D eigenvalue weighted by Gasteiger charge is -2.30. The number of sulfonamides is 1. The SMILES string of the molecule is C[C@H](c1ccccc1)N1C(=O)N[C@@](NS(=O)(=O)c2ccccc2)(C(F)(F)F)C1=O. The first-order valence-corrected chi connectivity index (χ1v) is 9.84. The summed E-state index contributed by atoms with van der Waals surface area (Å²) in [6.45, 7) is 1.37. The van der Waals surface area contributed by atoms with Gasteiger partial charge in [-0.1, -0.05) is 48.5 Å². The maximum Gasteiger partial charge on any atom is 0.435 e. The van der Waals surface area contributed by atoms with Gasteiger partial charge in [0.15, 0.2) is 0 Å². The smallest absolute Gasteiger partial charge is 0.303 e. The molecule has 0 aromatic heterocycles. The van der Waals surface area contributed by atoms with Gasteiger partial charge in [0, 0.05) is 0 Å². The highest BCUT2D eigenvalue weighted by atomic mass is 32.2. The Bertz CT molecular complexity index is 1030. The van der Waals surface area contributed by atoms with Crippen LogP contribution in [0, 0.1) is 0 Å². The number of imide groups is 1. The molecule has 2 aromatic rings. The van der Waals surface area contributed by atoms with Gasteiger partial charge in [-0.3, -0.25) is 9.69 Å². The number of amides is 3. The van der Waals surface area contributed by atoms with Gasteiger partial charge in [0.2, 0.25) is 10.0 Å². The zero-order valence-corrected chi connectivity index (χ0v) is 15.8. The van der Waals surface area contributed by atoms with Gasteiger partial charge < -0.3 is 5.32 Å². The van der Waals surface area contributed by atoms with Crippen molar-refractivity contribution in [3.05, 3.63) is 66.2 Å². The average Bonchev–Trinajstić information content (AvgIpc) is 2.92. The minimum absolute atomic E-state index is 0.357. The van der Waals surface area contributed by atoms with E-state index >= 15 is 0 Å². The van der Waals surface area contributed by atoms with Crippen molar-refractivity contribution in [1.82, 2.24) is 14.9 Å². The van der Waals surface area contributed by atoms with Crippen LogP contribution in [0.15, 0.2) is 65.6 Å². The monoisotopic (exact) mass is 427 g/mol. The van der Waals surface area contributed by atoms with Gasteiger partial charge >= 0.3 is 12.2 Å². The van der Waals surface area contributed by atoms with Crippen LogP contribution in [0.1, 0.15) is 18.5 Å². The fourth-order valence-electron chi connectivity index (χ4n) is 2.96. The quantitative estimate of drug-likeness (QED) is 0.717. The Morgan fingerprint density at radius 2 is 1.52 bits per heavy atom. The normalized spacial score (nSPS) is 21.2. The first kappa shape index (κ1) is 20.8. The Labute approximate surface area is 164 Å². The summed E-state index contributed by atoms with van der Waals surface area (Å²) in [5, 5.41) is 1.51. The fourth-order valence-corrected chi connectivity index (χ4v) is 4.25. The van der Waals surface area contributed by atoms with Crippen molar-refractivity contribution in [1.29, 1.82) is 0 Å². The third kappa shape index (κ3) is 3.58. The summed E-state index contributed by atoms with van der Waals surface area (Å²) in [6.07, 6.45) is -5.44. The zero-order chi connectivity index (χ0) is 21.4. The number of urea groups is 1. The van der Waals surface area contributed by atoms with Gasteiger partial charge in [-0.15, -0.1) is 0 Å². The van der Waals surface area contributed by atoms with Crippen LogP contribution >= 0.6 is 0 Å². The van der Waals surface area contributed by atoms with E-state index in [9.17, 15) is 31.2 Å². The number of rotatable bonds is 5. The van der Waals surface area contributed by atoms with Gasteiger partial charge in [-0.25, -0.2) is 13.2 Å². The lowest BCUT2D eigenvalue weighted by Crippen LogP contribution is -2.69. The number of hydrogen-bond acceptors (Lipinski definition) is 4. The molecule has 0 spiro atoms. The molecule has 0 saturated carbocycles. The maximum atomic E-state index is 13.9. The van der Waals surface area contributed by atoms with E-state index in [4.69, 9.17) is 0 Å². The predicted octanol–water partition coefficient (Wildman–Crippen LogP) is 2.54. The Morgan fingerprint density at radius 1 is 1.00 bits per heavy atom. The summed E-state index contributed by atoms with van der Waals surface area (Å²) in [7, 11) is -4.79. The Hall–Kier alpha value is -2.92. The first-order chi connectivity index (χ1) is 13.5. The van der Waals surface area contributed by atoms with Crippen LogP contribution in [0.4, 0.5) is 18.0 Å². The molecular formula is C18H16F3N3O4S. The topological polar surface area (TPSA) is 95.6 Å². The van der Waals surface area contributed by atoms with Crippen LogP contribution in [-0.2, 0) is 14.8 Å². The Morgan fingerprint density at radius 3 is 2.03 bits per heavy atom. The molecular weight excluding hydrogens is 411 g/mol. The molecule has 29 heavy (non-hydrogen) atoms. The molecule has 2 N–H and O–H groups in total. The summed E-state index contributed by atoms with van der Waals surface area (Å²) in [5.74, 6) is -1.76. The highest BCUT2D eigenvalue weighted by Crippen LogP contribution is 2.38. The summed E-state index contributed by atoms with van der Waals surface area (Å²) < 4.78 is 68.2. The molecule has 2 aromatic carbocycles. The molecule has 1 aliphatic heterocycles. The zero-order valence-electron chi connectivity index (χ0n) is 15.0. The summed E-state index contributed by atoms with van der Waals surface area (Å²) in [6, 6.07) is 11.7. The minimum Gasteiger partial charge on any atom is -0.303 e. The molecule has 1 fully saturated rings. The lowest BCUT2D eigenvalue weighted by molar-refractivity contribution is -0.198. The van der Waals surface area contributed by atoms with Crippen molar-refractivity contribution < 1.29 is 31.2 Å². The van der Waals surface area contributed by atoms with Crippen molar-refractivity contribution in [2.45, 2.75) is 29.7 Å². The van der Waals surface area contributed by atoms with E-state index in [0.29, 0.717) is 10.5 Å². The number of alkyl halides is 3.